The molecule has 6 heteroatoms. The van der Waals surface area contributed by atoms with Crippen LogP contribution in [0.2, 0.25) is 0 Å². The van der Waals surface area contributed by atoms with Gasteiger partial charge in [-0.1, -0.05) is 6.07 Å². The third-order valence-corrected chi connectivity index (χ3v) is 3.95. The third-order valence-electron chi connectivity index (χ3n) is 3.02. The smallest absolute Gasteiger partial charge is 0.317 e. The number of carbonyl (C=O) groups is 2. The van der Waals surface area contributed by atoms with Crippen LogP contribution in [0.1, 0.15) is 31.1 Å². The van der Waals surface area contributed by atoms with Gasteiger partial charge in [-0.15, -0.1) is 11.3 Å². The monoisotopic (exact) mass is 298 g/mol. The second-order valence-electron chi connectivity index (χ2n) is 4.89. The summed E-state index contributed by atoms with van der Waals surface area (Å²) in [5.41, 5.74) is 0. The second-order valence-corrected chi connectivity index (χ2v) is 5.92. The van der Waals surface area contributed by atoms with Crippen LogP contribution in [0, 0.1) is 0 Å². The van der Waals surface area contributed by atoms with Gasteiger partial charge in [0.05, 0.1) is 0 Å². The van der Waals surface area contributed by atoms with E-state index in [4.69, 9.17) is 5.11 Å². The zero-order valence-corrected chi connectivity index (χ0v) is 12.8. The minimum atomic E-state index is -0.795. The van der Waals surface area contributed by atoms with Gasteiger partial charge in [0.2, 0.25) is 0 Å². The maximum Gasteiger partial charge on any atom is 0.317 e. The molecule has 0 radical (unpaired) electrons. The lowest BCUT2D eigenvalue weighted by molar-refractivity contribution is -0.137. The average Bonchev–Trinajstić information content (AvgIpc) is 2.88. The van der Waals surface area contributed by atoms with E-state index in [1.54, 1.807) is 23.3 Å². The van der Waals surface area contributed by atoms with Crippen LogP contribution < -0.4 is 5.32 Å². The summed E-state index contributed by atoms with van der Waals surface area (Å²) in [6.07, 6.45) is 2.26. The molecule has 0 fully saturated rings. The van der Waals surface area contributed by atoms with Gasteiger partial charge in [-0.05, 0) is 37.6 Å². The Hall–Kier alpha value is -1.56. The Morgan fingerprint density at radius 3 is 2.85 bits per heavy atom. The molecular formula is C14H22N2O3S. The van der Waals surface area contributed by atoms with E-state index in [1.807, 2.05) is 18.4 Å². The summed E-state index contributed by atoms with van der Waals surface area (Å²) in [7, 11) is 1.77. The summed E-state index contributed by atoms with van der Waals surface area (Å²) in [4.78, 5) is 25.2. The van der Waals surface area contributed by atoms with Crippen LogP contribution in [0.5, 0.6) is 0 Å². The average molecular weight is 298 g/mol. The molecule has 0 aliphatic carbocycles. The van der Waals surface area contributed by atoms with E-state index >= 15 is 0 Å². The number of rotatable bonds is 8. The van der Waals surface area contributed by atoms with Crippen LogP contribution in [-0.4, -0.2) is 41.6 Å². The number of carbonyl (C=O) groups excluding carboxylic acids is 1. The van der Waals surface area contributed by atoms with Crippen molar-refractivity contribution in [3.63, 3.8) is 0 Å². The van der Waals surface area contributed by atoms with Crippen molar-refractivity contribution >= 4 is 23.3 Å². The number of likely N-dealkylation sites (N-methyl/N-ethyl adjacent to an activating group) is 1. The normalized spacial score (nSPS) is 11.9. The maximum atomic E-state index is 11.9. The first-order chi connectivity index (χ1) is 9.49. The number of carboxylic acids is 1. The zero-order valence-electron chi connectivity index (χ0n) is 12.0. The standard InChI is InChI=1S/C14H22N2O3S/c1-11(5-3-7-13(17)18)15-14(19)16(2)9-8-12-6-4-10-20-12/h4,6,10-11H,3,5,7-9H2,1-2H3,(H,15,19)(H,17,18). The molecule has 5 nitrogen and oxygen atoms in total. The third kappa shape index (κ3) is 6.56. The van der Waals surface area contributed by atoms with Gasteiger partial charge in [0.1, 0.15) is 0 Å². The lowest BCUT2D eigenvalue weighted by Gasteiger charge is -2.21. The van der Waals surface area contributed by atoms with E-state index in [9.17, 15) is 9.59 Å². The molecule has 1 unspecified atom stereocenters. The topological polar surface area (TPSA) is 69.6 Å². The highest BCUT2D eigenvalue weighted by molar-refractivity contribution is 7.09. The summed E-state index contributed by atoms with van der Waals surface area (Å²) in [5, 5.41) is 13.5. The van der Waals surface area contributed by atoms with Crippen LogP contribution in [-0.2, 0) is 11.2 Å². The number of urea groups is 1. The molecule has 1 atom stereocenters. The molecule has 0 aliphatic rings. The van der Waals surface area contributed by atoms with Gasteiger partial charge < -0.3 is 15.3 Å². The fourth-order valence-electron chi connectivity index (χ4n) is 1.79. The minimum absolute atomic E-state index is 0.00830. The first-order valence-corrected chi connectivity index (χ1v) is 7.63. The molecule has 0 saturated carbocycles. The zero-order chi connectivity index (χ0) is 15.0. The molecule has 0 bridgehead atoms. The van der Waals surface area contributed by atoms with E-state index < -0.39 is 5.97 Å². The van der Waals surface area contributed by atoms with Crippen molar-refractivity contribution in [3.05, 3.63) is 22.4 Å². The number of nitrogens with zero attached hydrogens (tertiary/aromatic N) is 1. The lowest BCUT2D eigenvalue weighted by Crippen LogP contribution is -2.42. The van der Waals surface area contributed by atoms with Crippen molar-refractivity contribution in [3.8, 4) is 0 Å². The number of carboxylic acid groups (broad SMARTS) is 1. The van der Waals surface area contributed by atoms with Crippen molar-refractivity contribution in [1.29, 1.82) is 0 Å². The van der Waals surface area contributed by atoms with Gasteiger partial charge in [0.25, 0.3) is 0 Å². The predicted molar refractivity (Wildman–Crippen MR) is 80.1 cm³/mol. The Morgan fingerprint density at radius 1 is 1.50 bits per heavy atom. The molecule has 2 N–H and O–H groups in total. The van der Waals surface area contributed by atoms with E-state index in [1.165, 1.54) is 4.88 Å². The Kier molecular flexibility index (Phi) is 7.08. The second kappa shape index (κ2) is 8.58. The van der Waals surface area contributed by atoms with Crippen molar-refractivity contribution in [1.82, 2.24) is 10.2 Å². The van der Waals surface area contributed by atoms with Gasteiger partial charge >= 0.3 is 12.0 Å². The van der Waals surface area contributed by atoms with Crippen molar-refractivity contribution in [2.45, 2.75) is 38.6 Å². The number of amides is 2. The van der Waals surface area contributed by atoms with Gasteiger partial charge in [0, 0.05) is 30.9 Å². The van der Waals surface area contributed by atoms with Crippen molar-refractivity contribution in [2.24, 2.45) is 0 Å². The number of hydrogen-bond acceptors (Lipinski definition) is 3. The molecule has 2 amide bonds. The van der Waals surface area contributed by atoms with E-state index in [0.29, 0.717) is 19.4 Å². The summed E-state index contributed by atoms with van der Waals surface area (Å²) in [5.74, 6) is -0.795. The van der Waals surface area contributed by atoms with E-state index in [0.717, 1.165) is 6.42 Å². The molecule has 20 heavy (non-hydrogen) atoms. The molecule has 0 aliphatic heterocycles. The number of hydrogen-bond donors (Lipinski definition) is 2. The molecule has 0 aromatic carbocycles. The van der Waals surface area contributed by atoms with Gasteiger partial charge in [-0.2, -0.15) is 0 Å². The molecule has 1 aromatic rings. The van der Waals surface area contributed by atoms with Crippen molar-refractivity contribution < 1.29 is 14.7 Å². The summed E-state index contributed by atoms with van der Waals surface area (Å²) in [6, 6.07) is 3.95. The lowest BCUT2D eigenvalue weighted by atomic mass is 10.1. The first kappa shape index (κ1) is 16.5. The van der Waals surface area contributed by atoms with E-state index in [2.05, 4.69) is 11.4 Å². The fraction of sp³-hybridized carbons (Fsp3) is 0.571. The molecule has 1 heterocycles. The number of nitrogens with one attached hydrogen (secondary N) is 1. The van der Waals surface area contributed by atoms with Crippen molar-refractivity contribution in [2.75, 3.05) is 13.6 Å². The molecular weight excluding hydrogens is 276 g/mol. The van der Waals surface area contributed by atoms with Crippen LogP contribution in [0.3, 0.4) is 0 Å². The highest BCUT2D eigenvalue weighted by Gasteiger charge is 2.12. The van der Waals surface area contributed by atoms with Crippen LogP contribution in [0.25, 0.3) is 0 Å². The summed E-state index contributed by atoms with van der Waals surface area (Å²) in [6.45, 7) is 2.57. The van der Waals surface area contributed by atoms with Gasteiger partial charge in [-0.3, -0.25) is 4.79 Å². The molecule has 1 aromatic heterocycles. The van der Waals surface area contributed by atoms with Gasteiger partial charge in [-0.25, -0.2) is 4.79 Å². The molecule has 0 spiro atoms. The summed E-state index contributed by atoms with van der Waals surface area (Å²) >= 11 is 1.69. The fourth-order valence-corrected chi connectivity index (χ4v) is 2.49. The molecule has 1 rings (SSSR count). The summed E-state index contributed by atoms with van der Waals surface area (Å²) < 4.78 is 0. The highest BCUT2D eigenvalue weighted by atomic mass is 32.1. The largest absolute Gasteiger partial charge is 0.481 e. The number of thiophene rings is 1. The quantitative estimate of drug-likeness (QED) is 0.775. The van der Waals surface area contributed by atoms with Gasteiger partial charge in [0.15, 0.2) is 0 Å². The molecule has 0 saturated heterocycles. The predicted octanol–water partition coefficient (Wildman–Crippen LogP) is 2.58. The highest BCUT2D eigenvalue weighted by Crippen LogP contribution is 2.09. The Balaban J connectivity index is 2.21. The van der Waals surface area contributed by atoms with Crippen LogP contribution >= 0.6 is 11.3 Å². The van der Waals surface area contributed by atoms with Crippen LogP contribution in [0.15, 0.2) is 17.5 Å². The maximum absolute atomic E-state index is 11.9. The Labute approximate surface area is 123 Å². The number of aliphatic carboxylic acids is 1. The Morgan fingerprint density at radius 2 is 2.25 bits per heavy atom. The first-order valence-electron chi connectivity index (χ1n) is 6.75. The van der Waals surface area contributed by atoms with E-state index in [-0.39, 0.29) is 18.5 Å². The Bertz CT molecular complexity index is 420. The SMILES string of the molecule is CC(CCCC(=O)O)NC(=O)N(C)CCc1cccs1. The minimum Gasteiger partial charge on any atom is -0.481 e. The molecule has 112 valence electrons. The van der Waals surface area contributed by atoms with Crippen LogP contribution in [0.4, 0.5) is 4.79 Å².